The Hall–Kier alpha value is -1.92. The van der Waals surface area contributed by atoms with Crippen molar-refractivity contribution in [3.63, 3.8) is 0 Å². The first-order valence-electron chi connectivity index (χ1n) is 7.73. The molecule has 0 spiro atoms. The van der Waals surface area contributed by atoms with E-state index in [1.165, 1.54) is 11.3 Å². The number of aliphatic carboxylic acids is 1. The molecule has 0 fully saturated rings. The van der Waals surface area contributed by atoms with E-state index in [1.54, 1.807) is 6.07 Å². The van der Waals surface area contributed by atoms with Crippen LogP contribution in [0.5, 0.6) is 0 Å². The Morgan fingerprint density at radius 3 is 2.88 bits per heavy atom. The average Bonchev–Trinajstić information content (AvgIpc) is 2.97. The van der Waals surface area contributed by atoms with Gasteiger partial charge < -0.3 is 10.0 Å². The Balaban J connectivity index is 1.65. The van der Waals surface area contributed by atoms with Gasteiger partial charge in [-0.3, -0.25) is 9.59 Å². The SMILES string of the molecule is O=C(O)CCc1nc2c(s1)CN(C(=O)Cc1ccccc1Cl)CC2. The number of nitrogens with zero attached hydrogens (tertiary/aromatic N) is 2. The standard InChI is InChI=1S/C17H17ClN2O3S/c18-12-4-2-1-3-11(12)9-16(21)20-8-7-13-14(10-20)24-15(19-13)5-6-17(22)23/h1-4H,5-10H2,(H,22,23). The molecule has 0 radical (unpaired) electrons. The average molecular weight is 365 g/mol. The van der Waals surface area contributed by atoms with E-state index in [9.17, 15) is 9.59 Å². The topological polar surface area (TPSA) is 70.5 Å². The van der Waals surface area contributed by atoms with Gasteiger partial charge in [0.2, 0.25) is 5.91 Å². The van der Waals surface area contributed by atoms with Crippen LogP contribution in [0.3, 0.4) is 0 Å². The van der Waals surface area contributed by atoms with Crippen LogP contribution in [0, 0.1) is 0 Å². The molecule has 5 nitrogen and oxygen atoms in total. The lowest BCUT2D eigenvalue weighted by atomic mass is 10.1. The lowest BCUT2D eigenvalue weighted by molar-refractivity contribution is -0.137. The van der Waals surface area contributed by atoms with Gasteiger partial charge in [0, 0.05) is 29.3 Å². The van der Waals surface area contributed by atoms with E-state index in [0.717, 1.165) is 21.1 Å². The maximum absolute atomic E-state index is 12.5. The molecule has 0 saturated heterocycles. The fourth-order valence-electron chi connectivity index (χ4n) is 2.70. The number of aryl methyl sites for hydroxylation is 1. The van der Waals surface area contributed by atoms with E-state index in [1.807, 2.05) is 23.1 Å². The van der Waals surface area contributed by atoms with Gasteiger partial charge in [-0.2, -0.15) is 0 Å². The van der Waals surface area contributed by atoms with Gasteiger partial charge in [0.25, 0.3) is 0 Å². The molecule has 0 bridgehead atoms. The molecule has 7 heteroatoms. The number of halogens is 1. The molecule has 24 heavy (non-hydrogen) atoms. The monoisotopic (exact) mass is 364 g/mol. The van der Waals surface area contributed by atoms with Crippen molar-refractivity contribution in [3.05, 3.63) is 50.4 Å². The van der Waals surface area contributed by atoms with Gasteiger partial charge in [-0.15, -0.1) is 11.3 Å². The maximum atomic E-state index is 12.5. The van der Waals surface area contributed by atoms with Crippen LogP contribution in [0.1, 0.15) is 27.6 Å². The molecule has 1 amide bonds. The number of amides is 1. The molecule has 0 unspecified atom stereocenters. The predicted molar refractivity (Wildman–Crippen MR) is 92.3 cm³/mol. The summed E-state index contributed by atoms with van der Waals surface area (Å²) in [5.74, 6) is -0.769. The fourth-order valence-corrected chi connectivity index (χ4v) is 4.03. The highest BCUT2D eigenvalue weighted by Crippen LogP contribution is 2.27. The first-order valence-corrected chi connectivity index (χ1v) is 8.93. The van der Waals surface area contributed by atoms with Crippen LogP contribution < -0.4 is 0 Å². The van der Waals surface area contributed by atoms with E-state index >= 15 is 0 Å². The smallest absolute Gasteiger partial charge is 0.303 e. The van der Waals surface area contributed by atoms with Gasteiger partial charge in [-0.05, 0) is 11.6 Å². The van der Waals surface area contributed by atoms with Crippen molar-refractivity contribution in [2.75, 3.05) is 6.54 Å². The summed E-state index contributed by atoms with van der Waals surface area (Å²) < 4.78 is 0. The minimum Gasteiger partial charge on any atom is -0.481 e. The van der Waals surface area contributed by atoms with Crippen LogP contribution >= 0.6 is 22.9 Å². The van der Waals surface area contributed by atoms with E-state index in [4.69, 9.17) is 16.7 Å². The number of carboxylic acid groups (broad SMARTS) is 1. The molecule has 0 saturated carbocycles. The quantitative estimate of drug-likeness (QED) is 0.885. The number of carboxylic acids is 1. The van der Waals surface area contributed by atoms with Gasteiger partial charge in [0.1, 0.15) is 0 Å². The molecule has 0 atom stereocenters. The number of rotatable bonds is 5. The van der Waals surface area contributed by atoms with Crippen LogP contribution in [0.2, 0.25) is 5.02 Å². The normalized spacial score (nSPS) is 13.6. The third kappa shape index (κ3) is 3.94. The number of fused-ring (bicyclic) bond motifs is 1. The zero-order chi connectivity index (χ0) is 17.1. The number of aromatic nitrogens is 1. The molecule has 1 N–H and O–H groups in total. The third-order valence-corrected chi connectivity index (χ3v) is 5.49. The molecular formula is C17H17ClN2O3S. The largest absolute Gasteiger partial charge is 0.481 e. The lowest BCUT2D eigenvalue weighted by Gasteiger charge is -2.26. The van der Waals surface area contributed by atoms with E-state index < -0.39 is 5.97 Å². The molecule has 126 valence electrons. The zero-order valence-corrected chi connectivity index (χ0v) is 14.6. The van der Waals surface area contributed by atoms with Gasteiger partial charge in [-0.1, -0.05) is 29.8 Å². The first-order chi connectivity index (χ1) is 11.5. The molecule has 0 aliphatic carbocycles. The van der Waals surface area contributed by atoms with Crippen LogP contribution in [0.4, 0.5) is 0 Å². The Labute approximate surface area is 148 Å². The van der Waals surface area contributed by atoms with Crippen molar-refractivity contribution in [1.29, 1.82) is 0 Å². The van der Waals surface area contributed by atoms with Crippen molar-refractivity contribution in [2.24, 2.45) is 0 Å². The second-order valence-electron chi connectivity index (χ2n) is 5.70. The fraction of sp³-hybridized carbons (Fsp3) is 0.353. The van der Waals surface area contributed by atoms with Crippen molar-refractivity contribution >= 4 is 34.8 Å². The van der Waals surface area contributed by atoms with Crippen LogP contribution in [0.25, 0.3) is 0 Å². The Morgan fingerprint density at radius 2 is 2.12 bits per heavy atom. The Kier molecular flexibility index (Phi) is 5.16. The number of hydrogen-bond acceptors (Lipinski definition) is 4. The number of benzene rings is 1. The van der Waals surface area contributed by atoms with Crippen molar-refractivity contribution in [3.8, 4) is 0 Å². The first kappa shape index (κ1) is 16.9. The van der Waals surface area contributed by atoms with Gasteiger partial charge in [-0.25, -0.2) is 4.98 Å². The predicted octanol–water partition coefficient (Wildman–Crippen LogP) is 2.94. The lowest BCUT2D eigenvalue weighted by Crippen LogP contribution is -2.36. The summed E-state index contributed by atoms with van der Waals surface area (Å²) in [5.41, 5.74) is 1.84. The van der Waals surface area contributed by atoms with Crippen molar-refractivity contribution < 1.29 is 14.7 Å². The van der Waals surface area contributed by atoms with Crippen molar-refractivity contribution in [2.45, 2.75) is 32.2 Å². The van der Waals surface area contributed by atoms with Gasteiger partial charge >= 0.3 is 5.97 Å². The Bertz CT molecular complexity index is 775. The molecule has 2 aromatic rings. The van der Waals surface area contributed by atoms with Crippen LogP contribution in [-0.2, 0) is 35.4 Å². The summed E-state index contributed by atoms with van der Waals surface area (Å²) in [6, 6.07) is 7.38. The summed E-state index contributed by atoms with van der Waals surface area (Å²) in [4.78, 5) is 30.6. The summed E-state index contributed by atoms with van der Waals surface area (Å²) in [6.07, 6.45) is 1.54. The van der Waals surface area contributed by atoms with Crippen LogP contribution in [-0.4, -0.2) is 33.4 Å². The third-order valence-electron chi connectivity index (χ3n) is 3.98. The molecule has 1 aliphatic heterocycles. The number of thiazole rings is 1. The maximum Gasteiger partial charge on any atom is 0.303 e. The van der Waals surface area contributed by atoms with Crippen molar-refractivity contribution in [1.82, 2.24) is 9.88 Å². The number of carbonyl (C=O) groups excluding carboxylic acids is 1. The zero-order valence-electron chi connectivity index (χ0n) is 13.0. The van der Waals surface area contributed by atoms with Crippen LogP contribution in [0.15, 0.2) is 24.3 Å². The molecule has 1 aromatic heterocycles. The van der Waals surface area contributed by atoms with E-state index in [0.29, 0.717) is 37.4 Å². The van der Waals surface area contributed by atoms with E-state index in [2.05, 4.69) is 4.98 Å². The number of hydrogen-bond donors (Lipinski definition) is 1. The minimum absolute atomic E-state index is 0.0502. The van der Waals surface area contributed by atoms with E-state index in [-0.39, 0.29) is 12.3 Å². The summed E-state index contributed by atoms with van der Waals surface area (Å²) in [5, 5.41) is 10.2. The molecule has 1 aliphatic rings. The molecule has 3 rings (SSSR count). The summed E-state index contributed by atoms with van der Waals surface area (Å²) in [6.45, 7) is 1.18. The molecule has 2 heterocycles. The molecular weight excluding hydrogens is 348 g/mol. The highest BCUT2D eigenvalue weighted by Gasteiger charge is 2.24. The summed E-state index contributed by atoms with van der Waals surface area (Å²) >= 11 is 7.64. The Morgan fingerprint density at radius 1 is 1.33 bits per heavy atom. The molecule has 1 aromatic carbocycles. The van der Waals surface area contributed by atoms with Gasteiger partial charge in [0.15, 0.2) is 0 Å². The number of carbonyl (C=O) groups is 2. The highest BCUT2D eigenvalue weighted by atomic mass is 35.5. The minimum atomic E-state index is -0.820. The second-order valence-corrected chi connectivity index (χ2v) is 7.28. The second kappa shape index (κ2) is 7.32. The highest BCUT2D eigenvalue weighted by molar-refractivity contribution is 7.11. The van der Waals surface area contributed by atoms with Gasteiger partial charge in [0.05, 0.1) is 30.1 Å². The summed E-state index contributed by atoms with van der Waals surface area (Å²) in [7, 11) is 0.